The van der Waals surface area contributed by atoms with Gasteiger partial charge in [-0.05, 0) is 37.8 Å². The summed E-state index contributed by atoms with van der Waals surface area (Å²) in [5.41, 5.74) is 1.43. The average molecular weight is 286 g/mol. The Kier molecular flexibility index (Phi) is 4.59. The van der Waals surface area contributed by atoms with Crippen molar-refractivity contribution in [1.82, 2.24) is 9.80 Å². The highest BCUT2D eigenvalue weighted by molar-refractivity contribution is 5.77. The van der Waals surface area contributed by atoms with Gasteiger partial charge in [0, 0.05) is 31.6 Å². The molecule has 2 aliphatic rings. The van der Waals surface area contributed by atoms with Crippen LogP contribution in [0.3, 0.4) is 0 Å². The molecule has 3 rings (SSSR count). The summed E-state index contributed by atoms with van der Waals surface area (Å²) in [6, 6.07) is 11.7. The van der Waals surface area contributed by atoms with E-state index in [2.05, 4.69) is 40.1 Å². The Bertz CT molecular complexity index is 459. The lowest BCUT2D eigenvalue weighted by molar-refractivity contribution is -0.136. The molecule has 1 amide bonds. The van der Waals surface area contributed by atoms with Crippen molar-refractivity contribution < 1.29 is 4.79 Å². The number of piperazine rings is 1. The molecule has 2 saturated heterocycles. The third kappa shape index (κ3) is 3.29. The molecule has 2 heterocycles. The number of fused-ring (bicyclic) bond motifs is 2. The highest BCUT2D eigenvalue weighted by Crippen LogP contribution is 2.30. The van der Waals surface area contributed by atoms with Crippen LogP contribution in [0.1, 0.15) is 38.2 Å². The summed E-state index contributed by atoms with van der Waals surface area (Å²) in [4.78, 5) is 16.8. The van der Waals surface area contributed by atoms with Crippen LogP contribution in [-0.4, -0.2) is 47.4 Å². The lowest BCUT2D eigenvalue weighted by Crippen LogP contribution is -2.55. The standard InChI is InChI=1S/C18H26N2O/c1-2-18(21)20-16-10-11-17(20)14-19(13-16)12-6-9-15-7-4-3-5-8-15/h3-5,7-8,16-17H,2,6,9-14H2,1H3/t16-,17-/m0/s1. The number of likely N-dealkylation sites (tertiary alicyclic amines) is 1. The van der Waals surface area contributed by atoms with Crippen molar-refractivity contribution in [2.75, 3.05) is 19.6 Å². The van der Waals surface area contributed by atoms with Gasteiger partial charge in [0.05, 0.1) is 0 Å². The molecular formula is C18H26N2O. The molecule has 2 atom stereocenters. The van der Waals surface area contributed by atoms with Crippen molar-refractivity contribution in [1.29, 1.82) is 0 Å². The smallest absolute Gasteiger partial charge is 0.222 e. The van der Waals surface area contributed by atoms with Gasteiger partial charge in [-0.3, -0.25) is 9.69 Å². The number of hydrogen-bond donors (Lipinski definition) is 0. The Morgan fingerprint density at radius 3 is 2.43 bits per heavy atom. The Morgan fingerprint density at radius 2 is 1.81 bits per heavy atom. The highest BCUT2D eigenvalue weighted by atomic mass is 16.2. The maximum Gasteiger partial charge on any atom is 0.222 e. The van der Waals surface area contributed by atoms with E-state index in [1.54, 1.807) is 0 Å². The first kappa shape index (κ1) is 14.6. The lowest BCUT2D eigenvalue weighted by atomic mass is 10.1. The van der Waals surface area contributed by atoms with Crippen molar-refractivity contribution in [3.63, 3.8) is 0 Å². The monoisotopic (exact) mass is 286 g/mol. The van der Waals surface area contributed by atoms with E-state index in [4.69, 9.17) is 0 Å². The molecule has 0 unspecified atom stereocenters. The van der Waals surface area contributed by atoms with E-state index in [-0.39, 0.29) is 0 Å². The van der Waals surface area contributed by atoms with Crippen LogP contribution in [0.4, 0.5) is 0 Å². The van der Waals surface area contributed by atoms with E-state index < -0.39 is 0 Å². The molecule has 0 radical (unpaired) electrons. The predicted molar refractivity (Wildman–Crippen MR) is 85.2 cm³/mol. The van der Waals surface area contributed by atoms with Gasteiger partial charge in [-0.15, -0.1) is 0 Å². The van der Waals surface area contributed by atoms with Crippen LogP contribution >= 0.6 is 0 Å². The predicted octanol–water partition coefficient (Wildman–Crippen LogP) is 2.70. The summed E-state index contributed by atoms with van der Waals surface area (Å²) in [6.07, 6.45) is 5.42. The summed E-state index contributed by atoms with van der Waals surface area (Å²) >= 11 is 0. The van der Waals surface area contributed by atoms with Crippen LogP contribution in [0.5, 0.6) is 0 Å². The minimum Gasteiger partial charge on any atom is -0.334 e. The molecule has 114 valence electrons. The van der Waals surface area contributed by atoms with Crippen molar-refractivity contribution in [2.45, 2.75) is 51.1 Å². The molecule has 0 aliphatic carbocycles. The second-order valence-corrected chi connectivity index (χ2v) is 6.39. The number of carbonyl (C=O) groups is 1. The largest absolute Gasteiger partial charge is 0.334 e. The molecule has 2 bridgehead atoms. The van der Waals surface area contributed by atoms with Gasteiger partial charge in [-0.25, -0.2) is 0 Å². The summed E-state index contributed by atoms with van der Waals surface area (Å²) in [7, 11) is 0. The highest BCUT2D eigenvalue weighted by Gasteiger charge is 2.41. The van der Waals surface area contributed by atoms with Crippen molar-refractivity contribution in [2.24, 2.45) is 0 Å². The second kappa shape index (κ2) is 6.61. The van der Waals surface area contributed by atoms with Gasteiger partial charge in [0.1, 0.15) is 0 Å². The SMILES string of the molecule is CCC(=O)N1[C@H]2CC[C@H]1CN(CCCc1ccccc1)C2. The number of nitrogens with zero attached hydrogens (tertiary/aromatic N) is 2. The molecule has 1 aromatic rings. The molecule has 2 fully saturated rings. The maximum atomic E-state index is 12.0. The molecule has 0 N–H and O–H groups in total. The van der Waals surface area contributed by atoms with Crippen molar-refractivity contribution >= 4 is 5.91 Å². The first-order valence-electron chi connectivity index (χ1n) is 8.35. The summed E-state index contributed by atoms with van der Waals surface area (Å²) < 4.78 is 0. The molecule has 0 aromatic heterocycles. The van der Waals surface area contributed by atoms with Gasteiger partial charge in [0.15, 0.2) is 0 Å². The van der Waals surface area contributed by atoms with E-state index in [0.29, 0.717) is 24.4 Å². The topological polar surface area (TPSA) is 23.6 Å². The first-order chi connectivity index (χ1) is 10.3. The van der Waals surface area contributed by atoms with Gasteiger partial charge >= 0.3 is 0 Å². The summed E-state index contributed by atoms with van der Waals surface area (Å²) in [6.45, 7) is 5.30. The number of benzene rings is 1. The fourth-order valence-corrected chi connectivity index (χ4v) is 3.91. The van der Waals surface area contributed by atoms with Crippen LogP contribution in [0.25, 0.3) is 0 Å². The number of aryl methyl sites for hydroxylation is 1. The normalized spacial score (nSPS) is 25.3. The van der Waals surface area contributed by atoms with Gasteiger partial charge < -0.3 is 4.90 Å². The third-order valence-corrected chi connectivity index (χ3v) is 4.93. The molecule has 3 nitrogen and oxygen atoms in total. The number of amides is 1. The van der Waals surface area contributed by atoms with E-state index in [0.717, 1.165) is 26.1 Å². The van der Waals surface area contributed by atoms with E-state index in [9.17, 15) is 4.79 Å². The van der Waals surface area contributed by atoms with Crippen LogP contribution in [0.15, 0.2) is 30.3 Å². The van der Waals surface area contributed by atoms with E-state index in [1.807, 2.05) is 6.92 Å². The quantitative estimate of drug-likeness (QED) is 0.831. The zero-order chi connectivity index (χ0) is 14.7. The van der Waals surface area contributed by atoms with Crippen LogP contribution in [0, 0.1) is 0 Å². The maximum absolute atomic E-state index is 12.0. The minimum absolute atomic E-state index is 0.353. The van der Waals surface area contributed by atoms with Crippen LogP contribution in [0.2, 0.25) is 0 Å². The summed E-state index contributed by atoms with van der Waals surface area (Å²) in [5.74, 6) is 0.353. The minimum atomic E-state index is 0.353. The summed E-state index contributed by atoms with van der Waals surface area (Å²) in [5, 5.41) is 0. The number of carbonyl (C=O) groups excluding carboxylic acids is 1. The zero-order valence-electron chi connectivity index (χ0n) is 13.0. The molecule has 0 spiro atoms. The number of hydrogen-bond acceptors (Lipinski definition) is 2. The second-order valence-electron chi connectivity index (χ2n) is 6.39. The Balaban J connectivity index is 1.48. The lowest BCUT2D eigenvalue weighted by Gasteiger charge is -2.41. The fraction of sp³-hybridized carbons (Fsp3) is 0.611. The molecule has 2 aliphatic heterocycles. The van der Waals surface area contributed by atoms with E-state index in [1.165, 1.54) is 24.8 Å². The fourth-order valence-electron chi connectivity index (χ4n) is 3.91. The van der Waals surface area contributed by atoms with E-state index >= 15 is 0 Å². The van der Waals surface area contributed by atoms with Gasteiger partial charge in [0.2, 0.25) is 5.91 Å². The molecular weight excluding hydrogens is 260 g/mol. The first-order valence-corrected chi connectivity index (χ1v) is 8.35. The van der Waals surface area contributed by atoms with Crippen LogP contribution < -0.4 is 0 Å². The Hall–Kier alpha value is -1.35. The van der Waals surface area contributed by atoms with Crippen molar-refractivity contribution in [3.8, 4) is 0 Å². The third-order valence-electron chi connectivity index (χ3n) is 4.93. The molecule has 21 heavy (non-hydrogen) atoms. The van der Waals surface area contributed by atoms with Crippen molar-refractivity contribution in [3.05, 3.63) is 35.9 Å². The average Bonchev–Trinajstić information content (AvgIpc) is 2.78. The Labute approximate surface area is 127 Å². The van der Waals surface area contributed by atoms with Gasteiger partial charge in [-0.2, -0.15) is 0 Å². The zero-order valence-corrected chi connectivity index (χ0v) is 13.0. The Morgan fingerprint density at radius 1 is 1.14 bits per heavy atom. The van der Waals surface area contributed by atoms with Crippen LogP contribution in [-0.2, 0) is 11.2 Å². The molecule has 0 saturated carbocycles. The van der Waals surface area contributed by atoms with Gasteiger partial charge in [0.25, 0.3) is 0 Å². The number of rotatable bonds is 5. The van der Waals surface area contributed by atoms with Gasteiger partial charge in [-0.1, -0.05) is 37.3 Å². The molecule has 1 aromatic carbocycles. The molecule has 3 heteroatoms.